The molecule has 3 aromatic rings. The summed E-state index contributed by atoms with van der Waals surface area (Å²) >= 11 is 12.3. The van der Waals surface area contributed by atoms with Gasteiger partial charge in [-0.15, -0.1) is 0 Å². The van der Waals surface area contributed by atoms with Crippen molar-refractivity contribution in [1.82, 2.24) is 4.90 Å². The normalized spacial score (nSPS) is 24.5. The van der Waals surface area contributed by atoms with Crippen molar-refractivity contribution in [2.75, 3.05) is 12.4 Å². The predicted octanol–water partition coefficient (Wildman–Crippen LogP) is 9.01. The molecule has 2 aliphatic rings. The molecular formula is C36H43Cl2N3O2. The number of halogens is 2. The largest absolute Gasteiger partial charge is 0.467 e. The highest BCUT2D eigenvalue weighted by molar-refractivity contribution is 6.30. The summed E-state index contributed by atoms with van der Waals surface area (Å²) in [5.74, 6) is 0.737. The Labute approximate surface area is 266 Å². The molecule has 0 aromatic heterocycles. The third-order valence-electron chi connectivity index (χ3n) is 9.72. The zero-order valence-corrected chi connectivity index (χ0v) is 27.1. The predicted molar refractivity (Wildman–Crippen MR) is 178 cm³/mol. The van der Waals surface area contributed by atoms with Crippen LogP contribution in [0.25, 0.3) is 0 Å². The number of hydrogen-bond acceptors (Lipinski definition) is 5. The van der Waals surface area contributed by atoms with Crippen LogP contribution in [0, 0.1) is 11.8 Å². The molecule has 1 aliphatic carbocycles. The topological polar surface area (TPSA) is 53.9 Å². The van der Waals surface area contributed by atoms with Crippen molar-refractivity contribution in [2.24, 2.45) is 16.8 Å². The fraction of sp³-hybridized carbons (Fsp3) is 0.444. The van der Waals surface area contributed by atoms with E-state index in [9.17, 15) is 4.79 Å². The molecule has 0 bridgehead atoms. The summed E-state index contributed by atoms with van der Waals surface area (Å²) in [7, 11) is 1.47. The van der Waals surface area contributed by atoms with Gasteiger partial charge >= 0.3 is 5.97 Å². The van der Waals surface area contributed by atoms with Gasteiger partial charge in [0.05, 0.1) is 25.5 Å². The number of nitrogens with one attached hydrogen (secondary N) is 1. The van der Waals surface area contributed by atoms with Gasteiger partial charge in [-0.1, -0.05) is 78.5 Å². The molecule has 43 heavy (non-hydrogen) atoms. The number of carbonyl (C=O) groups is 1. The SMILES string of the molecule is COC(=O)C1(Cc2ccc(Cl)cc2)N=CN(C(C)c2ccccc2)C1CC1CCC(C(C)(C)Nc2ccc(Cl)cc2)CC1. The lowest BCUT2D eigenvalue weighted by Gasteiger charge is -2.43. The van der Waals surface area contributed by atoms with Gasteiger partial charge in [-0.25, -0.2) is 4.79 Å². The van der Waals surface area contributed by atoms with Crippen molar-refractivity contribution < 1.29 is 9.53 Å². The molecule has 0 radical (unpaired) electrons. The van der Waals surface area contributed by atoms with Gasteiger partial charge in [-0.3, -0.25) is 4.99 Å². The molecule has 0 saturated heterocycles. The summed E-state index contributed by atoms with van der Waals surface area (Å²) in [5, 5.41) is 5.17. The molecule has 1 heterocycles. The Hall–Kier alpha value is -3.02. The molecule has 1 N–H and O–H groups in total. The lowest BCUT2D eigenvalue weighted by molar-refractivity contribution is -0.149. The zero-order valence-electron chi connectivity index (χ0n) is 25.6. The van der Waals surface area contributed by atoms with E-state index in [4.69, 9.17) is 32.9 Å². The second-order valence-corrected chi connectivity index (χ2v) is 13.7. The lowest BCUT2D eigenvalue weighted by atomic mass is 9.70. The first-order valence-electron chi connectivity index (χ1n) is 15.4. The van der Waals surface area contributed by atoms with Gasteiger partial charge in [-0.05, 0) is 99.4 Å². The Morgan fingerprint density at radius 2 is 1.58 bits per heavy atom. The highest BCUT2D eigenvalue weighted by Gasteiger charge is 2.54. The molecule has 0 spiro atoms. The van der Waals surface area contributed by atoms with Crippen LogP contribution in [0.5, 0.6) is 0 Å². The molecule has 7 heteroatoms. The van der Waals surface area contributed by atoms with Crippen LogP contribution in [-0.4, -0.2) is 41.4 Å². The summed E-state index contributed by atoms with van der Waals surface area (Å²) in [4.78, 5) is 21.1. The lowest BCUT2D eigenvalue weighted by Crippen LogP contribution is -2.54. The first kappa shape index (κ1) is 31.4. The number of nitrogens with zero attached hydrogens (tertiary/aromatic N) is 2. The highest BCUT2D eigenvalue weighted by atomic mass is 35.5. The maximum Gasteiger partial charge on any atom is 0.336 e. The molecule has 1 fully saturated rings. The van der Waals surface area contributed by atoms with Crippen LogP contribution in [0.15, 0.2) is 83.9 Å². The van der Waals surface area contributed by atoms with Crippen molar-refractivity contribution in [2.45, 2.75) is 82.5 Å². The van der Waals surface area contributed by atoms with Gasteiger partial charge in [0.15, 0.2) is 5.54 Å². The number of carbonyl (C=O) groups excluding carboxylic acids is 1. The molecule has 3 atom stereocenters. The van der Waals surface area contributed by atoms with Gasteiger partial charge in [0.1, 0.15) is 0 Å². The van der Waals surface area contributed by atoms with Crippen molar-refractivity contribution in [1.29, 1.82) is 0 Å². The maximum absolute atomic E-state index is 13.7. The van der Waals surface area contributed by atoms with Crippen LogP contribution in [0.2, 0.25) is 10.0 Å². The Morgan fingerprint density at radius 3 is 2.19 bits per heavy atom. The van der Waals surface area contributed by atoms with Crippen LogP contribution < -0.4 is 5.32 Å². The first-order valence-corrected chi connectivity index (χ1v) is 16.1. The summed E-state index contributed by atoms with van der Waals surface area (Å²) in [6.45, 7) is 6.80. The fourth-order valence-electron chi connectivity index (χ4n) is 7.13. The number of anilines is 1. The number of methoxy groups -OCH3 is 1. The second-order valence-electron chi connectivity index (χ2n) is 12.8. The summed E-state index contributed by atoms with van der Waals surface area (Å²) in [5.41, 5.74) is 2.23. The Kier molecular flexibility index (Phi) is 9.73. The highest BCUT2D eigenvalue weighted by Crippen LogP contribution is 2.44. The second kappa shape index (κ2) is 13.3. The molecule has 5 nitrogen and oxygen atoms in total. The van der Waals surface area contributed by atoms with E-state index < -0.39 is 5.54 Å². The smallest absolute Gasteiger partial charge is 0.336 e. The minimum atomic E-state index is -1.03. The van der Waals surface area contributed by atoms with E-state index >= 15 is 0 Å². The number of benzene rings is 3. The van der Waals surface area contributed by atoms with Crippen molar-refractivity contribution >= 4 is 41.2 Å². The summed E-state index contributed by atoms with van der Waals surface area (Å²) in [6.07, 6.45) is 7.71. The molecule has 228 valence electrons. The third kappa shape index (κ3) is 7.05. The maximum atomic E-state index is 13.7. The van der Waals surface area contributed by atoms with Crippen molar-refractivity contribution in [3.63, 3.8) is 0 Å². The average Bonchev–Trinajstić information content (AvgIpc) is 3.37. The van der Waals surface area contributed by atoms with E-state index in [1.807, 2.05) is 60.9 Å². The molecule has 0 amide bonds. The van der Waals surface area contributed by atoms with E-state index in [-0.39, 0.29) is 23.6 Å². The minimum Gasteiger partial charge on any atom is -0.467 e. The fourth-order valence-corrected chi connectivity index (χ4v) is 7.38. The molecule has 3 unspecified atom stereocenters. The van der Waals surface area contributed by atoms with Crippen LogP contribution in [-0.2, 0) is 16.0 Å². The Morgan fingerprint density at radius 1 is 0.977 bits per heavy atom. The number of aliphatic imine (C=N–C) groups is 1. The van der Waals surface area contributed by atoms with E-state index in [1.54, 1.807) is 0 Å². The Bertz CT molecular complexity index is 1390. The van der Waals surface area contributed by atoms with Gasteiger partial charge in [0, 0.05) is 27.7 Å². The minimum absolute atomic E-state index is 0.0481. The van der Waals surface area contributed by atoms with Gasteiger partial charge < -0.3 is 15.0 Å². The van der Waals surface area contributed by atoms with E-state index in [0.29, 0.717) is 23.3 Å². The summed E-state index contributed by atoms with van der Waals surface area (Å²) < 4.78 is 5.49. The summed E-state index contributed by atoms with van der Waals surface area (Å²) in [6, 6.07) is 26.1. The van der Waals surface area contributed by atoms with Crippen LogP contribution in [0.3, 0.4) is 0 Å². The standard InChI is InChI=1S/C36H43Cl2N3O2/c1-25(28-8-6-5-7-9-28)41-24-39-36(34(42)43-4,23-27-12-16-30(37)17-13-27)33(41)22-26-10-14-29(15-11-26)35(2,3)40-32-20-18-31(38)19-21-32/h5-9,12-13,16-21,24-26,29,33,40H,10-11,14-15,22-23H2,1-4H3. The molecule has 5 rings (SSSR count). The van der Waals surface area contributed by atoms with Gasteiger partial charge in [-0.2, -0.15) is 0 Å². The van der Waals surface area contributed by atoms with Crippen LogP contribution >= 0.6 is 23.2 Å². The Balaban J connectivity index is 1.37. The van der Waals surface area contributed by atoms with E-state index in [2.05, 4.69) is 55.3 Å². The molecule has 3 aromatic carbocycles. The van der Waals surface area contributed by atoms with E-state index in [0.717, 1.165) is 48.4 Å². The quantitative estimate of drug-likeness (QED) is 0.230. The average molecular weight is 621 g/mol. The van der Waals surface area contributed by atoms with E-state index in [1.165, 1.54) is 12.7 Å². The monoisotopic (exact) mass is 619 g/mol. The third-order valence-corrected chi connectivity index (χ3v) is 10.2. The van der Waals surface area contributed by atoms with Crippen molar-refractivity contribution in [3.8, 4) is 0 Å². The zero-order chi connectivity index (χ0) is 30.6. The molecule has 1 saturated carbocycles. The van der Waals surface area contributed by atoms with Crippen LogP contribution in [0.4, 0.5) is 5.69 Å². The molecular weight excluding hydrogens is 577 g/mol. The first-order chi connectivity index (χ1) is 20.6. The number of hydrogen-bond donors (Lipinski definition) is 1. The molecule has 1 aliphatic heterocycles. The number of esters is 1. The van der Waals surface area contributed by atoms with Crippen molar-refractivity contribution in [3.05, 3.63) is 100 Å². The van der Waals surface area contributed by atoms with Gasteiger partial charge in [0.2, 0.25) is 0 Å². The van der Waals surface area contributed by atoms with Crippen LogP contribution in [0.1, 0.15) is 70.0 Å². The number of rotatable bonds is 10. The van der Waals surface area contributed by atoms with Gasteiger partial charge in [0.25, 0.3) is 0 Å². The number of ether oxygens (including phenoxy) is 1.